The number of nitrogens with zero attached hydrogens (tertiary/aromatic N) is 1. The minimum Gasteiger partial charge on any atom is -0.508 e. The van der Waals surface area contributed by atoms with Crippen LogP contribution in [0.15, 0.2) is 36.4 Å². The lowest BCUT2D eigenvalue weighted by atomic mass is 10.1. The molecule has 90 valence electrons. The number of nitrogens with two attached hydrogens (primary N) is 1. The van der Waals surface area contributed by atoms with Gasteiger partial charge in [-0.05, 0) is 42.8 Å². The monoisotopic (exact) mass is 239 g/mol. The molecule has 0 amide bonds. The minimum atomic E-state index is 0.228. The maximum Gasteiger partial charge on any atom is 0.138 e. The van der Waals surface area contributed by atoms with Gasteiger partial charge >= 0.3 is 0 Å². The second-order valence-electron chi connectivity index (χ2n) is 4.36. The third-order valence-electron chi connectivity index (χ3n) is 2.97. The Labute approximate surface area is 104 Å². The van der Waals surface area contributed by atoms with Crippen LogP contribution in [0.4, 0.5) is 5.69 Å². The molecule has 3 rings (SSSR count). The second kappa shape index (κ2) is 3.77. The average Bonchev–Trinajstić information content (AvgIpc) is 2.71. The van der Waals surface area contributed by atoms with Gasteiger partial charge in [-0.3, -0.25) is 0 Å². The number of hydrogen-bond acceptors (Lipinski definition) is 3. The van der Waals surface area contributed by atoms with E-state index in [-0.39, 0.29) is 5.75 Å². The highest BCUT2D eigenvalue weighted by molar-refractivity contribution is 5.81. The Bertz CT molecular complexity index is 731. The van der Waals surface area contributed by atoms with Crippen molar-refractivity contribution in [3.63, 3.8) is 0 Å². The number of phenols is 1. The number of nitrogen functional groups attached to an aromatic ring is 1. The first-order valence-corrected chi connectivity index (χ1v) is 5.69. The van der Waals surface area contributed by atoms with Gasteiger partial charge in [-0.15, -0.1) is 0 Å². The summed E-state index contributed by atoms with van der Waals surface area (Å²) in [5.74, 6) is 1.01. The summed E-state index contributed by atoms with van der Waals surface area (Å²) in [6, 6.07) is 10.8. The largest absolute Gasteiger partial charge is 0.508 e. The minimum absolute atomic E-state index is 0.228. The van der Waals surface area contributed by atoms with Crippen molar-refractivity contribution in [2.75, 3.05) is 5.73 Å². The fourth-order valence-corrected chi connectivity index (χ4v) is 2.08. The topological polar surface area (TPSA) is 74.9 Å². The molecule has 4 N–H and O–H groups in total. The summed E-state index contributed by atoms with van der Waals surface area (Å²) in [6.45, 7) is 2.00. The van der Waals surface area contributed by atoms with Crippen molar-refractivity contribution >= 4 is 16.7 Å². The van der Waals surface area contributed by atoms with Crippen molar-refractivity contribution < 1.29 is 5.11 Å². The van der Waals surface area contributed by atoms with Gasteiger partial charge in [0, 0.05) is 17.3 Å². The number of fused-ring (bicyclic) bond motifs is 1. The summed E-state index contributed by atoms with van der Waals surface area (Å²) in [4.78, 5) is 7.71. The van der Waals surface area contributed by atoms with Crippen LogP contribution < -0.4 is 5.73 Å². The maximum atomic E-state index is 9.44. The maximum absolute atomic E-state index is 9.44. The second-order valence-corrected chi connectivity index (χ2v) is 4.36. The predicted molar refractivity (Wildman–Crippen MR) is 72.3 cm³/mol. The van der Waals surface area contributed by atoms with Gasteiger partial charge in [0.25, 0.3) is 0 Å². The number of aromatic nitrogens is 2. The number of aryl methyl sites for hydroxylation is 1. The van der Waals surface area contributed by atoms with Gasteiger partial charge in [-0.1, -0.05) is 0 Å². The number of H-pyrrole nitrogens is 1. The highest BCUT2D eigenvalue weighted by Gasteiger charge is 2.08. The summed E-state index contributed by atoms with van der Waals surface area (Å²) in [5.41, 5.74) is 10.2. The van der Waals surface area contributed by atoms with E-state index in [1.807, 2.05) is 25.1 Å². The fourth-order valence-electron chi connectivity index (χ4n) is 2.08. The predicted octanol–water partition coefficient (Wildman–Crippen LogP) is 2.83. The first-order chi connectivity index (χ1) is 8.63. The van der Waals surface area contributed by atoms with E-state index in [2.05, 4.69) is 9.97 Å². The number of benzene rings is 2. The molecule has 0 aliphatic rings. The zero-order valence-electron chi connectivity index (χ0n) is 9.94. The Morgan fingerprint density at radius 1 is 1.17 bits per heavy atom. The van der Waals surface area contributed by atoms with Crippen LogP contribution in [-0.2, 0) is 0 Å². The molecule has 0 fully saturated rings. The number of rotatable bonds is 1. The van der Waals surface area contributed by atoms with Crippen molar-refractivity contribution in [2.45, 2.75) is 6.92 Å². The molecule has 3 aromatic rings. The molecule has 0 unspecified atom stereocenters. The summed E-state index contributed by atoms with van der Waals surface area (Å²) < 4.78 is 0. The van der Waals surface area contributed by atoms with Crippen LogP contribution in [0, 0.1) is 6.92 Å². The molecule has 0 bridgehead atoms. The zero-order valence-corrected chi connectivity index (χ0v) is 9.94. The van der Waals surface area contributed by atoms with Gasteiger partial charge in [0.05, 0.1) is 11.0 Å². The van der Waals surface area contributed by atoms with Gasteiger partial charge in [0.1, 0.15) is 11.6 Å². The van der Waals surface area contributed by atoms with Crippen molar-refractivity contribution in [3.8, 4) is 17.1 Å². The van der Waals surface area contributed by atoms with Gasteiger partial charge in [-0.25, -0.2) is 4.98 Å². The highest BCUT2D eigenvalue weighted by atomic mass is 16.3. The molecule has 0 radical (unpaired) electrons. The van der Waals surface area contributed by atoms with Gasteiger partial charge in [0.15, 0.2) is 0 Å². The third kappa shape index (κ3) is 1.68. The molecule has 1 heterocycles. The Balaban J connectivity index is 2.19. The first kappa shape index (κ1) is 10.7. The van der Waals surface area contributed by atoms with Gasteiger partial charge in [0.2, 0.25) is 0 Å². The lowest BCUT2D eigenvalue weighted by molar-refractivity contribution is 0.476. The third-order valence-corrected chi connectivity index (χ3v) is 2.97. The lowest BCUT2D eigenvalue weighted by Crippen LogP contribution is -1.89. The van der Waals surface area contributed by atoms with Crippen molar-refractivity contribution in [3.05, 3.63) is 42.0 Å². The smallest absolute Gasteiger partial charge is 0.138 e. The van der Waals surface area contributed by atoms with Crippen LogP contribution in [0.5, 0.6) is 5.75 Å². The Hall–Kier alpha value is -2.49. The van der Waals surface area contributed by atoms with E-state index in [1.165, 1.54) is 0 Å². The molecule has 0 atom stereocenters. The van der Waals surface area contributed by atoms with Gasteiger partial charge in [-0.2, -0.15) is 0 Å². The first-order valence-electron chi connectivity index (χ1n) is 5.69. The van der Waals surface area contributed by atoms with E-state index in [4.69, 9.17) is 5.73 Å². The Morgan fingerprint density at radius 3 is 2.78 bits per heavy atom. The van der Waals surface area contributed by atoms with Crippen LogP contribution in [-0.4, -0.2) is 15.1 Å². The van der Waals surface area contributed by atoms with Crippen molar-refractivity contribution in [2.24, 2.45) is 0 Å². The molecule has 1 aromatic heterocycles. The van der Waals surface area contributed by atoms with Crippen molar-refractivity contribution in [1.82, 2.24) is 9.97 Å². The number of phenolic OH excluding ortho intramolecular Hbond substituents is 1. The summed E-state index contributed by atoms with van der Waals surface area (Å²) >= 11 is 0. The summed E-state index contributed by atoms with van der Waals surface area (Å²) in [5, 5.41) is 9.44. The molecule has 0 saturated heterocycles. The highest BCUT2D eigenvalue weighted by Crippen LogP contribution is 2.26. The molecule has 4 heteroatoms. The zero-order chi connectivity index (χ0) is 12.7. The molecule has 0 aliphatic heterocycles. The summed E-state index contributed by atoms with van der Waals surface area (Å²) in [6.07, 6.45) is 0. The van der Waals surface area contributed by atoms with E-state index in [1.54, 1.807) is 18.2 Å². The van der Waals surface area contributed by atoms with Crippen LogP contribution in [0.2, 0.25) is 0 Å². The van der Waals surface area contributed by atoms with Crippen LogP contribution in [0.25, 0.3) is 22.4 Å². The summed E-state index contributed by atoms with van der Waals surface area (Å²) in [7, 11) is 0. The number of imidazole rings is 1. The molecule has 18 heavy (non-hydrogen) atoms. The normalized spacial score (nSPS) is 10.9. The number of anilines is 1. The quantitative estimate of drug-likeness (QED) is 0.571. The molecule has 4 nitrogen and oxygen atoms in total. The molecular formula is C14H13N3O. The van der Waals surface area contributed by atoms with Crippen LogP contribution >= 0.6 is 0 Å². The molecule has 0 saturated carbocycles. The Morgan fingerprint density at radius 2 is 2.00 bits per heavy atom. The molecule has 0 spiro atoms. The average molecular weight is 239 g/mol. The van der Waals surface area contributed by atoms with E-state index < -0.39 is 0 Å². The van der Waals surface area contributed by atoms with E-state index in [0.29, 0.717) is 0 Å². The van der Waals surface area contributed by atoms with Crippen LogP contribution in [0.1, 0.15) is 5.56 Å². The lowest BCUT2D eigenvalue weighted by Gasteiger charge is -2.03. The number of nitrogens with one attached hydrogen (secondary N) is 1. The van der Waals surface area contributed by atoms with E-state index in [0.717, 1.165) is 33.7 Å². The number of aromatic hydroxyl groups is 1. The Kier molecular flexibility index (Phi) is 2.23. The van der Waals surface area contributed by atoms with Gasteiger partial charge < -0.3 is 15.8 Å². The van der Waals surface area contributed by atoms with Crippen LogP contribution in [0.3, 0.4) is 0 Å². The SMILES string of the molecule is Cc1cc(N)ccc1-c1nc2ccc(O)cc2[nH]1. The standard InChI is InChI=1S/C14H13N3O/c1-8-6-9(15)2-4-11(8)14-16-12-5-3-10(18)7-13(12)17-14/h2-7,18H,15H2,1H3,(H,16,17). The molecular weight excluding hydrogens is 226 g/mol. The molecule has 2 aromatic carbocycles. The number of hydrogen-bond donors (Lipinski definition) is 3. The molecule has 0 aliphatic carbocycles. The van der Waals surface area contributed by atoms with E-state index in [9.17, 15) is 5.11 Å². The van der Waals surface area contributed by atoms with Crippen molar-refractivity contribution in [1.29, 1.82) is 0 Å². The van der Waals surface area contributed by atoms with E-state index >= 15 is 0 Å². The number of aromatic amines is 1. The fraction of sp³-hybridized carbons (Fsp3) is 0.0714.